The zero-order chi connectivity index (χ0) is 15.4. The van der Waals surface area contributed by atoms with Crippen LogP contribution in [0.3, 0.4) is 0 Å². The molecule has 1 aliphatic heterocycles. The molecule has 1 atom stereocenters. The first-order valence-corrected chi connectivity index (χ1v) is 8.40. The minimum atomic E-state index is -0.00359. The highest BCUT2D eigenvalue weighted by molar-refractivity contribution is 5.82. The van der Waals surface area contributed by atoms with Crippen molar-refractivity contribution in [2.45, 2.75) is 50.0 Å². The van der Waals surface area contributed by atoms with Gasteiger partial charge in [-0.05, 0) is 38.3 Å². The Morgan fingerprint density at radius 1 is 1.32 bits per heavy atom. The predicted octanol–water partition coefficient (Wildman–Crippen LogP) is 2.38. The van der Waals surface area contributed by atoms with E-state index in [1.54, 1.807) is 7.11 Å². The molecule has 2 aliphatic rings. The summed E-state index contributed by atoms with van der Waals surface area (Å²) in [6, 6.07) is 8.25. The molecule has 0 aromatic heterocycles. The third-order valence-electron chi connectivity index (χ3n) is 5.22. The van der Waals surface area contributed by atoms with E-state index in [1.165, 1.54) is 18.4 Å². The topological polar surface area (TPSA) is 50.4 Å². The zero-order valence-corrected chi connectivity index (χ0v) is 13.4. The van der Waals surface area contributed by atoms with E-state index in [9.17, 15) is 4.79 Å². The Bertz CT molecular complexity index is 518. The van der Waals surface area contributed by atoms with Crippen LogP contribution in [0.1, 0.15) is 44.1 Å². The lowest BCUT2D eigenvalue weighted by Gasteiger charge is -2.31. The van der Waals surface area contributed by atoms with E-state index in [0.29, 0.717) is 6.54 Å². The average molecular weight is 302 g/mol. The van der Waals surface area contributed by atoms with Gasteiger partial charge in [-0.2, -0.15) is 0 Å². The number of methoxy groups -OCH3 is 1. The van der Waals surface area contributed by atoms with E-state index in [1.807, 2.05) is 12.1 Å². The number of benzene rings is 1. The summed E-state index contributed by atoms with van der Waals surface area (Å²) in [5.74, 6) is 1.09. The van der Waals surface area contributed by atoms with Crippen molar-refractivity contribution in [2.75, 3.05) is 20.2 Å². The van der Waals surface area contributed by atoms with E-state index in [4.69, 9.17) is 4.74 Å². The maximum Gasteiger partial charge on any atom is 0.237 e. The fourth-order valence-electron chi connectivity index (χ4n) is 3.96. The van der Waals surface area contributed by atoms with Crippen molar-refractivity contribution < 1.29 is 9.53 Å². The van der Waals surface area contributed by atoms with Gasteiger partial charge >= 0.3 is 0 Å². The molecular formula is C18H26N2O2. The molecule has 1 aromatic carbocycles. The molecule has 1 heterocycles. The summed E-state index contributed by atoms with van der Waals surface area (Å²) in [5, 5.41) is 6.47. The predicted molar refractivity (Wildman–Crippen MR) is 87.2 cm³/mol. The fourth-order valence-corrected chi connectivity index (χ4v) is 3.96. The van der Waals surface area contributed by atoms with Crippen LogP contribution in [-0.4, -0.2) is 32.1 Å². The average Bonchev–Trinajstić information content (AvgIpc) is 3.25. The SMILES string of the molecule is COc1ccccc1C1(CNC(=O)C2CCCN2)CCCC1. The second kappa shape index (κ2) is 6.69. The summed E-state index contributed by atoms with van der Waals surface area (Å²) < 4.78 is 5.56. The lowest BCUT2D eigenvalue weighted by Crippen LogP contribution is -2.46. The smallest absolute Gasteiger partial charge is 0.237 e. The van der Waals surface area contributed by atoms with Crippen molar-refractivity contribution in [2.24, 2.45) is 0 Å². The van der Waals surface area contributed by atoms with Crippen molar-refractivity contribution in [1.82, 2.24) is 10.6 Å². The normalized spacial score (nSPS) is 23.4. The van der Waals surface area contributed by atoms with Gasteiger partial charge in [0.15, 0.2) is 0 Å². The molecule has 0 bridgehead atoms. The Morgan fingerprint density at radius 3 is 2.77 bits per heavy atom. The van der Waals surface area contributed by atoms with Crippen molar-refractivity contribution in [3.63, 3.8) is 0 Å². The van der Waals surface area contributed by atoms with E-state index in [-0.39, 0.29) is 17.4 Å². The van der Waals surface area contributed by atoms with Gasteiger partial charge < -0.3 is 15.4 Å². The van der Waals surface area contributed by atoms with Gasteiger partial charge in [-0.3, -0.25) is 4.79 Å². The van der Waals surface area contributed by atoms with E-state index < -0.39 is 0 Å². The van der Waals surface area contributed by atoms with Crippen LogP contribution in [-0.2, 0) is 10.2 Å². The van der Waals surface area contributed by atoms with Crippen LogP contribution in [0.25, 0.3) is 0 Å². The minimum absolute atomic E-state index is 0.00359. The van der Waals surface area contributed by atoms with Gasteiger partial charge in [0.1, 0.15) is 5.75 Å². The molecule has 2 fully saturated rings. The van der Waals surface area contributed by atoms with Gasteiger partial charge in [-0.25, -0.2) is 0 Å². The Balaban J connectivity index is 1.75. The molecule has 1 saturated heterocycles. The molecule has 120 valence electrons. The van der Waals surface area contributed by atoms with Crippen LogP contribution in [0.15, 0.2) is 24.3 Å². The molecule has 1 aromatic rings. The molecule has 2 N–H and O–H groups in total. The van der Waals surface area contributed by atoms with Crippen LogP contribution >= 0.6 is 0 Å². The Labute approximate surface area is 132 Å². The lowest BCUT2D eigenvalue weighted by atomic mass is 9.78. The summed E-state index contributed by atoms with van der Waals surface area (Å²) in [4.78, 5) is 12.3. The Kier molecular flexibility index (Phi) is 4.67. The van der Waals surface area contributed by atoms with Gasteiger partial charge in [-0.1, -0.05) is 31.0 Å². The van der Waals surface area contributed by atoms with Crippen LogP contribution in [0, 0.1) is 0 Å². The highest BCUT2D eigenvalue weighted by Crippen LogP contribution is 2.44. The lowest BCUT2D eigenvalue weighted by molar-refractivity contribution is -0.123. The molecule has 1 unspecified atom stereocenters. The first-order chi connectivity index (χ1) is 10.7. The van der Waals surface area contributed by atoms with E-state index >= 15 is 0 Å². The number of ether oxygens (including phenoxy) is 1. The molecule has 4 nitrogen and oxygen atoms in total. The number of amides is 1. The Morgan fingerprint density at radius 2 is 2.09 bits per heavy atom. The van der Waals surface area contributed by atoms with Gasteiger partial charge in [0.05, 0.1) is 13.2 Å². The maximum absolute atomic E-state index is 12.3. The summed E-state index contributed by atoms with van der Waals surface area (Å²) in [6.45, 7) is 1.67. The number of carbonyl (C=O) groups is 1. The van der Waals surface area contributed by atoms with Gasteiger partial charge in [-0.15, -0.1) is 0 Å². The van der Waals surface area contributed by atoms with Crippen LogP contribution in [0.2, 0.25) is 0 Å². The molecule has 0 radical (unpaired) electrons. The van der Waals surface area contributed by atoms with Crippen LogP contribution in [0.4, 0.5) is 0 Å². The molecule has 1 amide bonds. The Hall–Kier alpha value is -1.55. The maximum atomic E-state index is 12.3. The molecule has 1 saturated carbocycles. The largest absolute Gasteiger partial charge is 0.496 e. The molecule has 1 aliphatic carbocycles. The van der Waals surface area contributed by atoms with E-state index in [2.05, 4.69) is 22.8 Å². The van der Waals surface area contributed by atoms with Gasteiger partial charge in [0, 0.05) is 17.5 Å². The number of hydrogen-bond acceptors (Lipinski definition) is 3. The van der Waals surface area contributed by atoms with Crippen molar-refractivity contribution in [1.29, 1.82) is 0 Å². The van der Waals surface area contributed by atoms with Crippen LogP contribution < -0.4 is 15.4 Å². The second-order valence-electron chi connectivity index (χ2n) is 6.55. The number of carbonyl (C=O) groups excluding carboxylic acids is 1. The number of hydrogen-bond donors (Lipinski definition) is 2. The molecular weight excluding hydrogens is 276 g/mol. The number of rotatable bonds is 5. The highest BCUT2D eigenvalue weighted by atomic mass is 16.5. The molecule has 4 heteroatoms. The second-order valence-corrected chi connectivity index (χ2v) is 6.55. The molecule has 22 heavy (non-hydrogen) atoms. The molecule has 0 spiro atoms. The zero-order valence-electron chi connectivity index (χ0n) is 13.4. The van der Waals surface area contributed by atoms with Crippen molar-refractivity contribution in [3.8, 4) is 5.75 Å². The standard InChI is InChI=1S/C18H26N2O2/c1-22-16-9-3-2-7-14(16)18(10-4-5-11-18)13-20-17(21)15-8-6-12-19-15/h2-3,7,9,15,19H,4-6,8,10-13H2,1H3,(H,20,21). The highest BCUT2D eigenvalue weighted by Gasteiger charge is 2.38. The van der Waals surface area contributed by atoms with Crippen molar-refractivity contribution in [3.05, 3.63) is 29.8 Å². The van der Waals surface area contributed by atoms with E-state index in [0.717, 1.165) is 38.0 Å². The first-order valence-electron chi connectivity index (χ1n) is 8.40. The van der Waals surface area contributed by atoms with Gasteiger partial charge in [0.25, 0.3) is 0 Å². The van der Waals surface area contributed by atoms with Crippen LogP contribution in [0.5, 0.6) is 5.75 Å². The van der Waals surface area contributed by atoms with Crippen molar-refractivity contribution >= 4 is 5.91 Å². The summed E-state index contributed by atoms with van der Waals surface area (Å²) in [5.41, 5.74) is 1.27. The van der Waals surface area contributed by atoms with Gasteiger partial charge in [0.2, 0.25) is 5.91 Å². The number of para-hydroxylation sites is 1. The summed E-state index contributed by atoms with van der Waals surface area (Å²) in [7, 11) is 1.72. The third kappa shape index (κ3) is 2.98. The summed E-state index contributed by atoms with van der Waals surface area (Å²) >= 11 is 0. The quantitative estimate of drug-likeness (QED) is 0.878. The fraction of sp³-hybridized carbons (Fsp3) is 0.611. The minimum Gasteiger partial charge on any atom is -0.496 e. The number of nitrogens with one attached hydrogen (secondary N) is 2. The molecule has 3 rings (SSSR count). The third-order valence-corrected chi connectivity index (χ3v) is 5.22. The first kappa shape index (κ1) is 15.3. The summed E-state index contributed by atoms with van der Waals surface area (Å²) in [6.07, 6.45) is 6.71. The monoisotopic (exact) mass is 302 g/mol.